The number of aromatic nitrogens is 1. The number of carbonyl (C=O) groups is 1. The summed E-state index contributed by atoms with van der Waals surface area (Å²) in [5, 5.41) is 2.96. The molecule has 0 aliphatic heterocycles. The van der Waals surface area contributed by atoms with Crippen molar-refractivity contribution in [3.63, 3.8) is 0 Å². The monoisotopic (exact) mass is 310 g/mol. The van der Waals surface area contributed by atoms with Crippen molar-refractivity contribution in [2.75, 3.05) is 6.54 Å². The first-order chi connectivity index (χ1) is 8.77. The molecule has 4 heteroatoms. The van der Waals surface area contributed by atoms with Crippen LogP contribution in [0.2, 0.25) is 0 Å². The van der Waals surface area contributed by atoms with Crippen molar-refractivity contribution in [2.45, 2.75) is 38.5 Å². The Morgan fingerprint density at radius 1 is 1.39 bits per heavy atom. The van der Waals surface area contributed by atoms with E-state index in [1.54, 1.807) is 6.20 Å². The third-order valence-electron chi connectivity index (χ3n) is 3.54. The maximum absolute atomic E-state index is 11.9. The van der Waals surface area contributed by atoms with Crippen molar-refractivity contribution < 1.29 is 4.79 Å². The van der Waals surface area contributed by atoms with Gasteiger partial charge < -0.3 is 5.32 Å². The number of nitrogens with one attached hydrogen (secondary N) is 1. The normalized spacial score (nSPS) is 16.5. The number of hydrogen-bond acceptors (Lipinski definition) is 2. The third-order valence-corrected chi connectivity index (χ3v) is 4.18. The van der Waals surface area contributed by atoms with Crippen molar-refractivity contribution in [3.8, 4) is 0 Å². The Bertz CT molecular complexity index is 403. The summed E-state index contributed by atoms with van der Waals surface area (Å²) >= 11 is 3.34. The molecule has 1 amide bonds. The van der Waals surface area contributed by atoms with Crippen molar-refractivity contribution in [1.29, 1.82) is 0 Å². The molecule has 0 unspecified atom stereocenters. The number of rotatable bonds is 4. The largest absolute Gasteiger partial charge is 0.351 e. The molecule has 98 valence electrons. The summed E-state index contributed by atoms with van der Waals surface area (Å²) in [6.07, 6.45) is 9.46. The number of halogens is 1. The zero-order valence-corrected chi connectivity index (χ0v) is 12.1. The fraction of sp³-hybridized carbons (Fsp3) is 0.571. The summed E-state index contributed by atoms with van der Waals surface area (Å²) in [6.45, 7) is 0.756. The highest BCUT2D eigenvalue weighted by atomic mass is 79.9. The number of carbonyl (C=O) groups excluding carboxylic acids is 1. The van der Waals surface area contributed by atoms with Crippen molar-refractivity contribution in [2.24, 2.45) is 5.92 Å². The minimum Gasteiger partial charge on any atom is -0.351 e. The zero-order chi connectivity index (χ0) is 12.8. The Labute approximate surface area is 117 Å². The Morgan fingerprint density at radius 2 is 2.17 bits per heavy atom. The van der Waals surface area contributed by atoms with E-state index in [2.05, 4.69) is 26.2 Å². The molecule has 0 radical (unpaired) electrons. The second kappa shape index (κ2) is 6.88. The lowest BCUT2D eigenvalue weighted by molar-refractivity contribution is 0.0944. The van der Waals surface area contributed by atoms with Gasteiger partial charge in [0.25, 0.3) is 5.91 Å². The van der Waals surface area contributed by atoms with Gasteiger partial charge in [-0.1, -0.05) is 32.1 Å². The molecule has 1 aliphatic carbocycles. The summed E-state index contributed by atoms with van der Waals surface area (Å²) in [6, 6.07) is 3.64. The minimum atomic E-state index is -0.0849. The van der Waals surface area contributed by atoms with E-state index in [4.69, 9.17) is 0 Å². The Balaban J connectivity index is 1.76. The second-order valence-electron chi connectivity index (χ2n) is 4.88. The topological polar surface area (TPSA) is 42.0 Å². The van der Waals surface area contributed by atoms with Crippen LogP contribution in [0.25, 0.3) is 0 Å². The molecule has 1 fully saturated rings. The fourth-order valence-corrected chi connectivity index (χ4v) is 2.94. The minimum absolute atomic E-state index is 0.0849. The molecule has 1 aromatic heterocycles. The van der Waals surface area contributed by atoms with Crippen LogP contribution in [0.15, 0.2) is 22.8 Å². The molecule has 0 aromatic carbocycles. The lowest BCUT2D eigenvalue weighted by Gasteiger charge is -2.21. The van der Waals surface area contributed by atoms with E-state index in [9.17, 15) is 4.79 Å². The van der Waals surface area contributed by atoms with Crippen LogP contribution in [0.3, 0.4) is 0 Å². The molecule has 1 saturated carbocycles. The summed E-state index contributed by atoms with van der Waals surface area (Å²) in [5.41, 5.74) is 0.473. The molecule has 0 bridgehead atoms. The van der Waals surface area contributed by atoms with E-state index < -0.39 is 0 Å². The van der Waals surface area contributed by atoms with E-state index in [1.807, 2.05) is 12.1 Å². The van der Waals surface area contributed by atoms with Crippen LogP contribution in [-0.4, -0.2) is 17.4 Å². The number of pyridine rings is 1. The highest BCUT2D eigenvalue weighted by Crippen LogP contribution is 2.25. The summed E-state index contributed by atoms with van der Waals surface area (Å²) in [4.78, 5) is 16.0. The van der Waals surface area contributed by atoms with Gasteiger partial charge in [0, 0.05) is 17.2 Å². The number of nitrogens with zero attached hydrogens (tertiary/aromatic N) is 1. The van der Waals surface area contributed by atoms with Crippen LogP contribution in [0.5, 0.6) is 0 Å². The molecule has 0 atom stereocenters. The maximum Gasteiger partial charge on any atom is 0.271 e. The van der Waals surface area contributed by atoms with Crippen LogP contribution in [0, 0.1) is 5.92 Å². The van der Waals surface area contributed by atoms with Gasteiger partial charge >= 0.3 is 0 Å². The average Bonchev–Trinajstić information content (AvgIpc) is 2.40. The van der Waals surface area contributed by atoms with Gasteiger partial charge in [0.1, 0.15) is 5.69 Å². The molecule has 1 aromatic rings. The van der Waals surface area contributed by atoms with Gasteiger partial charge in [-0.05, 0) is 40.4 Å². The molecule has 18 heavy (non-hydrogen) atoms. The Hall–Kier alpha value is -0.900. The van der Waals surface area contributed by atoms with Crippen molar-refractivity contribution >= 4 is 21.8 Å². The van der Waals surface area contributed by atoms with E-state index in [-0.39, 0.29) is 5.91 Å². The SMILES string of the molecule is O=C(NCCC1CCCCC1)c1ncccc1Br. The molecular formula is C14H19BrN2O. The van der Waals surface area contributed by atoms with E-state index in [0.717, 1.165) is 23.4 Å². The summed E-state index contributed by atoms with van der Waals surface area (Å²) < 4.78 is 0.750. The fourth-order valence-electron chi connectivity index (χ4n) is 2.50. The van der Waals surface area contributed by atoms with Gasteiger partial charge in [-0.25, -0.2) is 4.98 Å². The predicted molar refractivity (Wildman–Crippen MR) is 75.5 cm³/mol. The van der Waals surface area contributed by atoms with Crippen LogP contribution in [0.1, 0.15) is 49.0 Å². The second-order valence-corrected chi connectivity index (χ2v) is 5.74. The van der Waals surface area contributed by atoms with Gasteiger partial charge in [-0.15, -0.1) is 0 Å². The lowest BCUT2D eigenvalue weighted by atomic mass is 9.87. The highest BCUT2D eigenvalue weighted by molar-refractivity contribution is 9.10. The van der Waals surface area contributed by atoms with Crippen LogP contribution >= 0.6 is 15.9 Å². The molecular weight excluding hydrogens is 292 g/mol. The van der Waals surface area contributed by atoms with Crippen LogP contribution in [-0.2, 0) is 0 Å². The number of amides is 1. The van der Waals surface area contributed by atoms with Crippen LogP contribution in [0.4, 0.5) is 0 Å². The van der Waals surface area contributed by atoms with Gasteiger partial charge in [0.05, 0.1) is 0 Å². The molecule has 2 rings (SSSR count). The first-order valence-corrected chi connectivity index (χ1v) is 7.45. The molecule has 3 nitrogen and oxygen atoms in total. The Kier molecular flexibility index (Phi) is 5.17. The van der Waals surface area contributed by atoms with E-state index in [0.29, 0.717) is 5.69 Å². The average molecular weight is 311 g/mol. The Morgan fingerprint density at radius 3 is 2.89 bits per heavy atom. The molecule has 0 spiro atoms. The van der Waals surface area contributed by atoms with Gasteiger partial charge in [-0.3, -0.25) is 4.79 Å². The van der Waals surface area contributed by atoms with Gasteiger partial charge in [-0.2, -0.15) is 0 Å². The molecule has 1 heterocycles. The molecule has 1 N–H and O–H groups in total. The van der Waals surface area contributed by atoms with Crippen LogP contribution < -0.4 is 5.32 Å². The standard InChI is InChI=1S/C14H19BrN2O/c15-12-7-4-9-16-13(12)14(18)17-10-8-11-5-2-1-3-6-11/h4,7,9,11H,1-3,5-6,8,10H2,(H,17,18). The first kappa shape index (κ1) is 13.5. The van der Waals surface area contributed by atoms with Crippen molar-refractivity contribution in [1.82, 2.24) is 10.3 Å². The summed E-state index contributed by atoms with van der Waals surface area (Å²) in [5.74, 6) is 0.713. The lowest BCUT2D eigenvalue weighted by Crippen LogP contribution is -2.27. The highest BCUT2D eigenvalue weighted by Gasteiger charge is 2.14. The van der Waals surface area contributed by atoms with E-state index >= 15 is 0 Å². The number of hydrogen-bond donors (Lipinski definition) is 1. The van der Waals surface area contributed by atoms with Crippen molar-refractivity contribution in [3.05, 3.63) is 28.5 Å². The smallest absolute Gasteiger partial charge is 0.271 e. The summed E-state index contributed by atoms with van der Waals surface area (Å²) in [7, 11) is 0. The van der Waals surface area contributed by atoms with Gasteiger partial charge in [0.2, 0.25) is 0 Å². The first-order valence-electron chi connectivity index (χ1n) is 6.66. The predicted octanol–water partition coefficient (Wildman–Crippen LogP) is 3.54. The quantitative estimate of drug-likeness (QED) is 0.924. The van der Waals surface area contributed by atoms with Gasteiger partial charge in [0.15, 0.2) is 0 Å². The molecule has 0 saturated heterocycles. The zero-order valence-electron chi connectivity index (χ0n) is 10.5. The molecule has 1 aliphatic rings. The third kappa shape index (κ3) is 3.80. The maximum atomic E-state index is 11.9. The van der Waals surface area contributed by atoms with E-state index in [1.165, 1.54) is 32.1 Å².